The Labute approximate surface area is 144 Å². The molecule has 0 aliphatic carbocycles. The molecule has 0 spiro atoms. The minimum absolute atomic E-state index is 0. The van der Waals surface area contributed by atoms with Crippen molar-refractivity contribution in [1.29, 1.82) is 0 Å². The van der Waals surface area contributed by atoms with Crippen molar-refractivity contribution < 1.29 is 9.59 Å². The van der Waals surface area contributed by atoms with E-state index < -0.39 is 0 Å². The van der Waals surface area contributed by atoms with Gasteiger partial charge in [-0.25, -0.2) is 0 Å². The standard InChI is InChI=1S/C17H25N3O2.ClH/c1-14(18)8-9-16(21)19-10-5-11-20(13-12-19)17(22)15-6-3-2-4-7-15;/h2-4,6-7,14H,5,8-13,18H2,1H3;1H. The number of nitrogens with zero attached hydrogens (tertiary/aromatic N) is 2. The molecule has 2 rings (SSSR count). The average molecular weight is 340 g/mol. The lowest BCUT2D eigenvalue weighted by molar-refractivity contribution is -0.131. The Kier molecular flexibility index (Phi) is 8.06. The summed E-state index contributed by atoms with van der Waals surface area (Å²) in [6, 6.07) is 9.35. The molecule has 2 amide bonds. The molecule has 1 aliphatic heterocycles. The molecule has 1 aromatic carbocycles. The van der Waals surface area contributed by atoms with Crippen molar-refractivity contribution in [2.45, 2.75) is 32.2 Å². The van der Waals surface area contributed by atoms with E-state index in [1.54, 1.807) is 0 Å². The van der Waals surface area contributed by atoms with Crippen LogP contribution in [0.4, 0.5) is 0 Å². The van der Waals surface area contributed by atoms with Crippen LogP contribution < -0.4 is 5.73 Å². The van der Waals surface area contributed by atoms with Crippen LogP contribution >= 0.6 is 12.4 Å². The van der Waals surface area contributed by atoms with Crippen molar-refractivity contribution in [2.24, 2.45) is 5.73 Å². The third kappa shape index (κ3) is 5.84. The predicted octanol–water partition coefficient (Wildman–Crippen LogP) is 1.91. The minimum Gasteiger partial charge on any atom is -0.341 e. The van der Waals surface area contributed by atoms with Crippen molar-refractivity contribution in [3.63, 3.8) is 0 Å². The third-order valence-electron chi connectivity index (χ3n) is 3.97. The minimum atomic E-state index is 0. The molecule has 5 nitrogen and oxygen atoms in total. The number of rotatable bonds is 4. The molecule has 128 valence electrons. The fourth-order valence-corrected chi connectivity index (χ4v) is 2.64. The van der Waals surface area contributed by atoms with E-state index >= 15 is 0 Å². The Morgan fingerprint density at radius 1 is 1.09 bits per heavy atom. The van der Waals surface area contributed by atoms with Gasteiger partial charge in [-0.1, -0.05) is 18.2 Å². The molecule has 1 saturated heterocycles. The van der Waals surface area contributed by atoms with Crippen LogP contribution in [0.2, 0.25) is 0 Å². The van der Waals surface area contributed by atoms with Gasteiger partial charge in [-0.05, 0) is 31.9 Å². The van der Waals surface area contributed by atoms with Crippen LogP contribution in [0.5, 0.6) is 0 Å². The van der Waals surface area contributed by atoms with E-state index in [-0.39, 0.29) is 30.3 Å². The van der Waals surface area contributed by atoms with Crippen LogP contribution in [-0.4, -0.2) is 53.8 Å². The van der Waals surface area contributed by atoms with Crippen molar-refractivity contribution in [1.82, 2.24) is 9.80 Å². The van der Waals surface area contributed by atoms with E-state index in [0.29, 0.717) is 38.0 Å². The Bertz CT molecular complexity index is 508. The second-order valence-electron chi connectivity index (χ2n) is 5.91. The van der Waals surface area contributed by atoms with Gasteiger partial charge in [0.15, 0.2) is 0 Å². The SMILES string of the molecule is CC(N)CCC(=O)N1CCCN(C(=O)c2ccccc2)CC1.Cl. The van der Waals surface area contributed by atoms with Crippen molar-refractivity contribution >= 4 is 24.2 Å². The normalized spacial score (nSPS) is 16.3. The maximum absolute atomic E-state index is 12.5. The van der Waals surface area contributed by atoms with Crippen molar-refractivity contribution in [3.05, 3.63) is 35.9 Å². The third-order valence-corrected chi connectivity index (χ3v) is 3.97. The van der Waals surface area contributed by atoms with E-state index in [1.807, 2.05) is 47.1 Å². The van der Waals surface area contributed by atoms with Gasteiger partial charge in [0.2, 0.25) is 5.91 Å². The number of nitrogens with two attached hydrogens (primary N) is 1. The Morgan fingerprint density at radius 2 is 1.70 bits per heavy atom. The van der Waals surface area contributed by atoms with Crippen LogP contribution in [0.3, 0.4) is 0 Å². The summed E-state index contributed by atoms with van der Waals surface area (Å²) in [7, 11) is 0. The van der Waals surface area contributed by atoms with E-state index in [4.69, 9.17) is 5.73 Å². The molecule has 1 unspecified atom stereocenters. The van der Waals surface area contributed by atoms with Gasteiger partial charge in [0.1, 0.15) is 0 Å². The smallest absolute Gasteiger partial charge is 0.253 e. The number of amides is 2. The number of carbonyl (C=O) groups is 2. The lowest BCUT2D eigenvalue weighted by atomic mass is 10.2. The van der Waals surface area contributed by atoms with E-state index in [2.05, 4.69) is 0 Å². The van der Waals surface area contributed by atoms with Crippen molar-refractivity contribution in [2.75, 3.05) is 26.2 Å². The first kappa shape index (κ1) is 19.5. The molecular weight excluding hydrogens is 314 g/mol. The Balaban J connectivity index is 0.00000264. The van der Waals surface area contributed by atoms with Gasteiger partial charge >= 0.3 is 0 Å². The second-order valence-corrected chi connectivity index (χ2v) is 5.91. The second kappa shape index (κ2) is 9.53. The fraction of sp³-hybridized carbons (Fsp3) is 0.529. The Morgan fingerprint density at radius 3 is 2.35 bits per heavy atom. The molecule has 1 aromatic rings. The molecule has 6 heteroatoms. The summed E-state index contributed by atoms with van der Waals surface area (Å²) in [4.78, 5) is 28.3. The Hall–Kier alpha value is -1.59. The number of carbonyl (C=O) groups excluding carboxylic acids is 2. The quantitative estimate of drug-likeness (QED) is 0.911. The zero-order valence-corrected chi connectivity index (χ0v) is 14.4. The molecule has 1 fully saturated rings. The first-order valence-electron chi connectivity index (χ1n) is 7.95. The molecule has 0 radical (unpaired) electrons. The lowest BCUT2D eigenvalue weighted by Gasteiger charge is -2.22. The summed E-state index contributed by atoms with van der Waals surface area (Å²) in [6.07, 6.45) is 2.02. The van der Waals surface area contributed by atoms with Gasteiger partial charge in [-0.15, -0.1) is 12.4 Å². The van der Waals surface area contributed by atoms with Gasteiger partial charge in [0.25, 0.3) is 5.91 Å². The number of benzene rings is 1. The molecule has 23 heavy (non-hydrogen) atoms. The largest absolute Gasteiger partial charge is 0.341 e. The number of hydrogen-bond acceptors (Lipinski definition) is 3. The monoisotopic (exact) mass is 339 g/mol. The zero-order valence-electron chi connectivity index (χ0n) is 13.6. The summed E-state index contributed by atoms with van der Waals surface area (Å²) in [6.45, 7) is 4.53. The zero-order chi connectivity index (χ0) is 15.9. The van der Waals surface area contributed by atoms with Crippen molar-refractivity contribution in [3.8, 4) is 0 Å². The fourth-order valence-electron chi connectivity index (χ4n) is 2.64. The molecular formula is C17H26ClN3O2. The predicted molar refractivity (Wildman–Crippen MR) is 93.7 cm³/mol. The number of hydrogen-bond donors (Lipinski definition) is 1. The van der Waals surface area contributed by atoms with Crippen LogP contribution in [0.25, 0.3) is 0 Å². The molecule has 0 saturated carbocycles. The van der Waals surface area contributed by atoms with E-state index in [1.165, 1.54) is 0 Å². The summed E-state index contributed by atoms with van der Waals surface area (Å²) in [5, 5.41) is 0. The molecule has 1 heterocycles. The molecule has 1 atom stereocenters. The van der Waals surface area contributed by atoms with Gasteiger partial charge in [-0.3, -0.25) is 9.59 Å². The topological polar surface area (TPSA) is 66.6 Å². The summed E-state index contributed by atoms with van der Waals surface area (Å²) in [5.74, 6) is 0.191. The van der Waals surface area contributed by atoms with Crippen LogP contribution in [0.15, 0.2) is 30.3 Å². The van der Waals surface area contributed by atoms with Crippen LogP contribution in [-0.2, 0) is 4.79 Å². The average Bonchev–Trinajstić information content (AvgIpc) is 2.78. The maximum Gasteiger partial charge on any atom is 0.253 e. The highest BCUT2D eigenvalue weighted by molar-refractivity contribution is 5.94. The number of halogens is 1. The molecule has 2 N–H and O–H groups in total. The molecule has 0 bridgehead atoms. The van der Waals surface area contributed by atoms with Gasteiger partial charge in [0, 0.05) is 44.2 Å². The highest BCUT2D eigenvalue weighted by Gasteiger charge is 2.22. The maximum atomic E-state index is 12.5. The summed E-state index contributed by atoms with van der Waals surface area (Å²) < 4.78 is 0. The first-order valence-corrected chi connectivity index (χ1v) is 7.95. The van der Waals surface area contributed by atoms with Crippen LogP contribution in [0.1, 0.15) is 36.5 Å². The lowest BCUT2D eigenvalue weighted by Crippen LogP contribution is -2.37. The highest BCUT2D eigenvalue weighted by Crippen LogP contribution is 2.10. The van der Waals surface area contributed by atoms with Gasteiger partial charge < -0.3 is 15.5 Å². The molecule has 1 aliphatic rings. The summed E-state index contributed by atoms with van der Waals surface area (Å²) in [5.41, 5.74) is 6.41. The molecule has 0 aromatic heterocycles. The van der Waals surface area contributed by atoms with E-state index in [0.717, 1.165) is 13.0 Å². The highest BCUT2D eigenvalue weighted by atomic mass is 35.5. The van der Waals surface area contributed by atoms with Crippen LogP contribution in [0, 0.1) is 0 Å². The summed E-state index contributed by atoms with van der Waals surface area (Å²) >= 11 is 0. The van der Waals surface area contributed by atoms with Gasteiger partial charge in [0.05, 0.1) is 0 Å². The van der Waals surface area contributed by atoms with E-state index in [9.17, 15) is 9.59 Å². The van der Waals surface area contributed by atoms with Gasteiger partial charge in [-0.2, -0.15) is 0 Å². The first-order chi connectivity index (χ1) is 10.6.